The van der Waals surface area contributed by atoms with E-state index in [4.69, 9.17) is 11.6 Å². The summed E-state index contributed by atoms with van der Waals surface area (Å²) in [5.41, 5.74) is 0.958. The highest BCUT2D eigenvalue weighted by molar-refractivity contribution is 6.29. The molecule has 0 radical (unpaired) electrons. The maximum Gasteiger partial charge on any atom is 0.135 e. The van der Waals surface area contributed by atoms with Gasteiger partial charge in [-0.15, -0.1) is 0 Å². The third-order valence-electron chi connectivity index (χ3n) is 3.26. The average Bonchev–Trinajstić information content (AvgIpc) is 3.22. The molecule has 0 atom stereocenters. The summed E-state index contributed by atoms with van der Waals surface area (Å²) in [6.45, 7) is 0.681. The Bertz CT molecular complexity index is 614. The van der Waals surface area contributed by atoms with Gasteiger partial charge in [0.2, 0.25) is 0 Å². The lowest BCUT2D eigenvalue weighted by molar-refractivity contribution is 0.625. The highest BCUT2D eigenvalue weighted by atomic mass is 35.5. The van der Waals surface area contributed by atoms with Crippen LogP contribution in [-0.2, 0) is 6.42 Å². The van der Waals surface area contributed by atoms with Crippen molar-refractivity contribution in [3.8, 4) is 0 Å². The number of benzene rings is 1. The van der Waals surface area contributed by atoms with Crippen LogP contribution in [0.5, 0.6) is 0 Å². The summed E-state index contributed by atoms with van der Waals surface area (Å²) in [7, 11) is 0. The number of anilines is 1. The van der Waals surface area contributed by atoms with E-state index in [1.54, 1.807) is 18.2 Å². The van der Waals surface area contributed by atoms with Gasteiger partial charge < -0.3 is 5.32 Å². The molecule has 1 saturated carbocycles. The van der Waals surface area contributed by atoms with E-state index in [0.717, 1.165) is 36.5 Å². The Hall–Kier alpha value is -1.68. The quantitative estimate of drug-likeness (QED) is 0.852. The molecule has 5 heteroatoms. The van der Waals surface area contributed by atoms with E-state index >= 15 is 0 Å². The Morgan fingerprint density at radius 2 is 2.10 bits per heavy atom. The summed E-state index contributed by atoms with van der Waals surface area (Å²) < 4.78 is 13.1. The van der Waals surface area contributed by atoms with E-state index in [9.17, 15) is 4.39 Å². The van der Waals surface area contributed by atoms with Crippen molar-refractivity contribution in [3.05, 3.63) is 52.7 Å². The molecular weight excluding hydrogens is 277 g/mol. The van der Waals surface area contributed by atoms with Crippen LogP contribution in [0.15, 0.2) is 30.3 Å². The van der Waals surface area contributed by atoms with Crippen molar-refractivity contribution in [2.45, 2.75) is 25.2 Å². The Kier molecular flexibility index (Phi) is 3.83. The summed E-state index contributed by atoms with van der Waals surface area (Å²) in [6.07, 6.45) is 3.02. The van der Waals surface area contributed by atoms with Gasteiger partial charge >= 0.3 is 0 Å². The van der Waals surface area contributed by atoms with E-state index < -0.39 is 0 Å². The van der Waals surface area contributed by atoms with Crippen molar-refractivity contribution in [3.63, 3.8) is 0 Å². The Labute approximate surface area is 122 Å². The molecule has 3 rings (SSSR count). The van der Waals surface area contributed by atoms with E-state index in [-0.39, 0.29) is 5.82 Å². The molecule has 1 aliphatic rings. The number of halogens is 2. The fourth-order valence-electron chi connectivity index (χ4n) is 2.08. The fourth-order valence-corrected chi connectivity index (χ4v) is 2.27. The molecule has 0 bridgehead atoms. The molecule has 1 aliphatic carbocycles. The van der Waals surface area contributed by atoms with Crippen molar-refractivity contribution in [2.24, 2.45) is 0 Å². The molecule has 0 saturated heterocycles. The molecule has 1 N–H and O–H groups in total. The molecule has 1 fully saturated rings. The zero-order chi connectivity index (χ0) is 13.9. The maximum absolute atomic E-state index is 13.1. The lowest BCUT2D eigenvalue weighted by Gasteiger charge is -2.07. The van der Waals surface area contributed by atoms with Gasteiger partial charge in [0.15, 0.2) is 0 Å². The molecule has 0 spiro atoms. The van der Waals surface area contributed by atoms with Gasteiger partial charge in [-0.25, -0.2) is 14.4 Å². The van der Waals surface area contributed by atoms with Crippen LogP contribution >= 0.6 is 11.6 Å². The van der Waals surface area contributed by atoms with Crippen LogP contribution in [0.3, 0.4) is 0 Å². The van der Waals surface area contributed by atoms with Crippen LogP contribution in [0.1, 0.15) is 30.1 Å². The van der Waals surface area contributed by atoms with Gasteiger partial charge in [-0.3, -0.25) is 0 Å². The summed E-state index contributed by atoms with van der Waals surface area (Å²) in [5, 5.41) is 3.69. The minimum atomic E-state index is -0.205. The monoisotopic (exact) mass is 291 g/mol. The smallest absolute Gasteiger partial charge is 0.135 e. The fraction of sp³-hybridized carbons (Fsp3) is 0.333. The highest BCUT2D eigenvalue weighted by Crippen LogP contribution is 2.38. The maximum atomic E-state index is 13.1. The number of nitrogens with one attached hydrogen (secondary N) is 1. The summed E-state index contributed by atoms with van der Waals surface area (Å²) >= 11 is 6.00. The lowest BCUT2D eigenvalue weighted by Crippen LogP contribution is -2.08. The van der Waals surface area contributed by atoms with E-state index in [2.05, 4.69) is 15.3 Å². The first-order valence-corrected chi connectivity index (χ1v) is 7.11. The first kappa shape index (κ1) is 13.3. The number of nitrogens with zero attached hydrogens (tertiary/aromatic N) is 2. The highest BCUT2D eigenvalue weighted by Gasteiger charge is 2.27. The second kappa shape index (κ2) is 5.75. The minimum Gasteiger partial charge on any atom is -0.370 e. The van der Waals surface area contributed by atoms with Gasteiger partial charge in [0.1, 0.15) is 22.6 Å². The number of hydrogen-bond donors (Lipinski definition) is 1. The molecular formula is C15H15ClFN3. The predicted molar refractivity (Wildman–Crippen MR) is 77.6 cm³/mol. The van der Waals surface area contributed by atoms with Crippen molar-refractivity contribution < 1.29 is 4.39 Å². The van der Waals surface area contributed by atoms with Crippen LogP contribution in [0.25, 0.3) is 0 Å². The molecule has 1 aromatic heterocycles. The zero-order valence-corrected chi connectivity index (χ0v) is 11.7. The topological polar surface area (TPSA) is 37.8 Å². The second-order valence-electron chi connectivity index (χ2n) is 5.02. The Balaban J connectivity index is 1.60. The Morgan fingerprint density at radius 3 is 2.85 bits per heavy atom. The third-order valence-corrected chi connectivity index (χ3v) is 3.46. The molecule has 104 valence electrons. The largest absolute Gasteiger partial charge is 0.370 e. The first-order valence-electron chi connectivity index (χ1n) is 6.73. The molecule has 0 amide bonds. The van der Waals surface area contributed by atoms with E-state index in [0.29, 0.717) is 17.6 Å². The number of aromatic nitrogens is 2. The normalized spacial score (nSPS) is 14.3. The molecule has 0 aliphatic heterocycles. The Morgan fingerprint density at radius 1 is 1.25 bits per heavy atom. The van der Waals surface area contributed by atoms with Crippen LogP contribution < -0.4 is 5.32 Å². The van der Waals surface area contributed by atoms with Crippen LogP contribution in [0.2, 0.25) is 5.15 Å². The standard InChI is InChI=1S/C15H15ClFN3/c16-13-9-14(20-15(19-13)11-4-5-11)18-7-6-10-2-1-3-12(17)8-10/h1-3,8-9,11H,4-7H2,(H,18,19,20). The molecule has 1 aromatic carbocycles. The third kappa shape index (κ3) is 3.45. The summed E-state index contributed by atoms with van der Waals surface area (Å²) in [4.78, 5) is 8.70. The zero-order valence-electron chi connectivity index (χ0n) is 10.9. The van der Waals surface area contributed by atoms with Crippen molar-refractivity contribution in [2.75, 3.05) is 11.9 Å². The lowest BCUT2D eigenvalue weighted by atomic mass is 10.1. The number of rotatable bonds is 5. The van der Waals surface area contributed by atoms with Crippen molar-refractivity contribution >= 4 is 17.4 Å². The number of hydrogen-bond acceptors (Lipinski definition) is 3. The predicted octanol–water partition coefficient (Wildman–Crippen LogP) is 3.80. The molecule has 3 nitrogen and oxygen atoms in total. The van der Waals surface area contributed by atoms with Crippen molar-refractivity contribution in [1.82, 2.24) is 9.97 Å². The van der Waals surface area contributed by atoms with Crippen LogP contribution in [0.4, 0.5) is 10.2 Å². The van der Waals surface area contributed by atoms with Gasteiger partial charge in [-0.1, -0.05) is 23.7 Å². The minimum absolute atomic E-state index is 0.205. The van der Waals surface area contributed by atoms with Gasteiger partial charge in [0, 0.05) is 18.5 Å². The molecule has 20 heavy (non-hydrogen) atoms. The molecule has 2 aromatic rings. The van der Waals surface area contributed by atoms with Gasteiger partial charge in [-0.05, 0) is 37.0 Å². The average molecular weight is 292 g/mol. The van der Waals surface area contributed by atoms with Crippen molar-refractivity contribution in [1.29, 1.82) is 0 Å². The van der Waals surface area contributed by atoms with Crippen LogP contribution in [0, 0.1) is 5.82 Å². The summed E-state index contributed by atoms with van der Waals surface area (Å²) in [5.74, 6) is 1.83. The molecule has 0 unspecified atom stereocenters. The summed E-state index contributed by atoms with van der Waals surface area (Å²) in [6, 6.07) is 8.34. The van der Waals surface area contributed by atoms with Crippen LogP contribution in [-0.4, -0.2) is 16.5 Å². The first-order chi connectivity index (χ1) is 9.70. The molecule has 1 heterocycles. The van der Waals surface area contributed by atoms with Gasteiger partial charge in [0.05, 0.1) is 0 Å². The van der Waals surface area contributed by atoms with Gasteiger partial charge in [0.25, 0.3) is 0 Å². The SMILES string of the molecule is Fc1cccc(CCNc2cc(Cl)nc(C3CC3)n2)c1. The van der Waals surface area contributed by atoms with E-state index in [1.807, 2.05) is 6.07 Å². The van der Waals surface area contributed by atoms with E-state index in [1.165, 1.54) is 6.07 Å². The second-order valence-corrected chi connectivity index (χ2v) is 5.40. The van der Waals surface area contributed by atoms with Gasteiger partial charge in [-0.2, -0.15) is 0 Å².